The van der Waals surface area contributed by atoms with Gasteiger partial charge < -0.3 is 14.8 Å². The molecule has 1 aromatic carbocycles. The van der Waals surface area contributed by atoms with Crippen molar-refractivity contribution < 1.29 is 9.47 Å². The Bertz CT molecular complexity index is 434. The monoisotopic (exact) mass is 264 g/mol. The molecule has 0 saturated carbocycles. The topological polar surface area (TPSA) is 33.7 Å². The minimum atomic E-state index is 0.571. The van der Waals surface area contributed by atoms with E-state index in [2.05, 4.69) is 36.2 Å². The zero-order valence-corrected chi connectivity index (χ0v) is 12.3. The van der Waals surface area contributed by atoms with Gasteiger partial charge >= 0.3 is 0 Å². The molecule has 1 saturated heterocycles. The van der Waals surface area contributed by atoms with Crippen molar-refractivity contribution in [3.05, 3.63) is 23.3 Å². The van der Waals surface area contributed by atoms with Crippen LogP contribution in [0, 0.1) is 6.92 Å². The van der Waals surface area contributed by atoms with Crippen LogP contribution in [-0.2, 0) is 6.54 Å². The van der Waals surface area contributed by atoms with Gasteiger partial charge in [-0.05, 0) is 37.1 Å². The van der Waals surface area contributed by atoms with Gasteiger partial charge in [0.1, 0.15) is 0 Å². The largest absolute Gasteiger partial charge is 0.493 e. The fourth-order valence-corrected chi connectivity index (χ4v) is 2.53. The summed E-state index contributed by atoms with van der Waals surface area (Å²) in [7, 11) is 3.36. The fraction of sp³-hybridized carbons (Fsp3) is 0.600. The quantitative estimate of drug-likeness (QED) is 0.899. The van der Waals surface area contributed by atoms with E-state index in [4.69, 9.17) is 9.47 Å². The lowest BCUT2D eigenvalue weighted by Gasteiger charge is -2.34. The summed E-state index contributed by atoms with van der Waals surface area (Å²) in [5.41, 5.74) is 2.56. The number of hydrogen-bond acceptors (Lipinski definition) is 4. The summed E-state index contributed by atoms with van der Waals surface area (Å²) in [4.78, 5) is 2.50. The molecular formula is C15H24N2O2. The van der Waals surface area contributed by atoms with Gasteiger partial charge in [-0.2, -0.15) is 0 Å². The minimum absolute atomic E-state index is 0.571. The number of nitrogens with one attached hydrogen (secondary N) is 1. The Hall–Kier alpha value is -1.26. The smallest absolute Gasteiger partial charge is 0.161 e. The fourth-order valence-electron chi connectivity index (χ4n) is 2.53. The van der Waals surface area contributed by atoms with Crippen LogP contribution in [-0.4, -0.2) is 44.8 Å². The maximum atomic E-state index is 5.39. The van der Waals surface area contributed by atoms with Crippen LogP contribution in [0.4, 0.5) is 0 Å². The average molecular weight is 264 g/mol. The molecule has 1 N–H and O–H groups in total. The Labute approximate surface area is 115 Å². The van der Waals surface area contributed by atoms with Crippen molar-refractivity contribution in [1.82, 2.24) is 10.2 Å². The van der Waals surface area contributed by atoms with E-state index in [-0.39, 0.29) is 0 Å². The maximum absolute atomic E-state index is 5.39. The molecule has 1 aromatic rings. The summed E-state index contributed by atoms with van der Waals surface area (Å²) in [6.45, 7) is 8.58. The van der Waals surface area contributed by atoms with Crippen molar-refractivity contribution in [2.24, 2.45) is 0 Å². The van der Waals surface area contributed by atoms with E-state index in [0.29, 0.717) is 6.04 Å². The van der Waals surface area contributed by atoms with E-state index in [9.17, 15) is 0 Å². The van der Waals surface area contributed by atoms with Crippen molar-refractivity contribution in [2.75, 3.05) is 33.9 Å². The molecule has 0 amide bonds. The number of piperazine rings is 1. The van der Waals surface area contributed by atoms with Gasteiger partial charge in [-0.25, -0.2) is 0 Å². The van der Waals surface area contributed by atoms with Crippen molar-refractivity contribution in [2.45, 2.75) is 26.4 Å². The molecule has 2 rings (SSSR count). The van der Waals surface area contributed by atoms with E-state index in [1.54, 1.807) is 14.2 Å². The minimum Gasteiger partial charge on any atom is -0.493 e. The summed E-state index contributed by atoms with van der Waals surface area (Å²) >= 11 is 0. The van der Waals surface area contributed by atoms with E-state index in [1.165, 1.54) is 11.1 Å². The Morgan fingerprint density at radius 3 is 2.58 bits per heavy atom. The van der Waals surface area contributed by atoms with Crippen LogP contribution in [0.1, 0.15) is 18.1 Å². The molecular weight excluding hydrogens is 240 g/mol. The first kappa shape index (κ1) is 14.2. The van der Waals surface area contributed by atoms with Crippen LogP contribution in [0.5, 0.6) is 11.5 Å². The first-order valence-corrected chi connectivity index (χ1v) is 6.82. The van der Waals surface area contributed by atoms with Gasteiger partial charge in [0.2, 0.25) is 0 Å². The van der Waals surface area contributed by atoms with Crippen molar-refractivity contribution >= 4 is 0 Å². The Morgan fingerprint density at radius 2 is 1.95 bits per heavy atom. The third-order valence-corrected chi connectivity index (χ3v) is 3.85. The van der Waals surface area contributed by atoms with Crippen LogP contribution in [0.25, 0.3) is 0 Å². The van der Waals surface area contributed by atoms with E-state index >= 15 is 0 Å². The number of ether oxygens (including phenoxy) is 2. The predicted octanol–water partition coefficient (Wildman–Crippen LogP) is 1.81. The number of aryl methyl sites for hydroxylation is 1. The highest BCUT2D eigenvalue weighted by molar-refractivity contribution is 5.47. The van der Waals surface area contributed by atoms with Crippen LogP contribution in [0.2, 0.25) is 0 Å². The maximum Gasteiger partial charge on any atom is 0.161 e. The number of hydrogen-bond donors (Lipinski definition) is 1. The second-order valence-electron chi connectivity index (χ2n) is 5.16. The average Bonchev–Trinajstić information content (AvgIpc) is 2.42. The van der Waals surface area contributed by atoms with Crippen molar-refractivity contribution in [1.29, 1.82) is 0 Å². The molecule has 1 fully saturated rings. The van der Waals surface area contributed by atoms with Gasteiger partial charge in [0, 0.05) is 32.2 Å². The second kappa shape index (κ2) is 6.26. The van der Waals surface area contributed by atoms with Gasteiger partial charge in [-0.3, -0.25) is 4.90 Å². The van der Waals surface area contributed by atoms with E-state index in [1.807, 2.05) is 0 Å². The highest BCUT2D eigenvalue weighted by Gasteiger charge is 2.19. The van der Waals surface area contributed by atoms with Crippen LogP contribution in [0.3, 0.4) is 0 Å². The third kappa shape index (κ3) is 3.19. The lowest BCUT2D eigenvalue weighted by molar-refractivity contribution is 0.165. The van der Waals surface area contributed by atoms with Gasteiger partial charge in [-0.1, -0.05) is 0 Å². The molecule has 0 bridgehead atoms. The molecule has 1 heterocycles. The second-order valence-corrected chi connectivity index (χ2v) is 5.16. The highest BCUT2D eigenvalue weighted by Crippen LogP contribution is 2.31. The summed E-state index contributed by atoms with van der Waals surface area (Å²) in [5.74, 6) is 1.61. The Balaban J connectivity index is 2.19. The molecule has 4 heteroatoms. The lowest BCUT2D eigenvalue weighted by Crippen LogP contribution is -2.49. The Morgan fingerprint density at radius 1 is 1.26 bits per heavy atom. The molecule has 1 atom stereocenters. The highest BCUT2D eigenvalue weighted by atomic mass is 16.5. The number of benzene rings is 1. The third-order valence-electron chi connectivity index (χ3n) is 3.85. The molecule has 0 unspecified atom stereocenters. The summed E-state index contributed by atoms with van der Waals surface area (Å²) in [6, 6.07) is 4.73. The van der Waals surface area contributed by atoms with Crippen molar-refractivity contribution in [3.63, 3.8) is 0 Å². The molecule has 106 valence electrons. The molecule has 0 aliphatic carbocycles. The first-order chi connectivity index (χ1) is 9.15. The number of rotatable bonds is 4. The summed E-state index contributed by atoms with van der Waals surface area (Å²) in [5, 5.41) is 3.42. The lowest BCUT2D eigenvalue weighted by atomic mass is 10.1. The predicted molar refractivity (Wildman–Crippen MR) is 77.0 cm³/mol. The zero-order chi connectivity index (χ0) is 13.8. The van der Waals surface area contributed by atoms with Crippen molar-refractivity contribution in [3.8, 4) is 11.5 Å². The molecule has 1 aliphatic rings. The van der Waals surface area contributed by atoms with Gasteiger partial charge in [-0.15, -0.1) is 0 Å². The SMILES string of the molecule is COc1cc(C)c(CN2CCNC[C@@H]2C)cc1OC. The Kier molecular flexibility index (Phi) is 4.66. The van der Waals surface area contributed by atoms with E-state index in [0.717, 1.165) is 37.7 Å². The molecule has 0 spiro atoms. The molecule has 1 aliphatic heterocycles. The summed E-state index contributed by atoms with van der Waals surface area (Å²) < 4.78 is 10.7. The normalized spacial score (nSPS) is 20.3. The van der Waals surface area contributed by atoms with Gasteiger partial charge in [0.25, 0.3) is 0 Å². The standard InChI is InChI=1S/C15H24N2O2/c1-11-7-14(18-3)15(19-4)8-13(11)10-17-6-5-16-9-12(17)2/h7-8,12,16H,5-6,9-10H2,1-4H3/t12-/m0/s1. The van der Waals surface area contributed by atoms with Crippen LogP contribution >= 0.6 is 0 Å². The molecule has 0 radical (unpaired) electrons. The first-order valence-electron chi connectivity index (χ1n) is 6.82. The van der Waals surface area contributed by atoms with Gasteiger partial charge in [0.15, 0.2) is 11.5 Å². The van der Waals surface area contributed by atoms with E-state index < -0.39 is 0 Å². The zero-order valence-electron chi connectivity index (χ0n) is 12.3. The number of methoxy groups -OCH3 is 2. The molecule has 4 nitrogen and oxygen atoms in total. The van der Waals surface area contributed by atoms with Crippen LogP contribution in [0.15, 0.2) is 12.1 Å². The van der Waals surface area contributed by atoms with Crippen LogP contribution < -0.4 is 14.8 Å². The van der Waals surface area contributed by atoms with Gasteiger partial charge in [0.05, 0.1) is 14.2 Å². The summed E-state index contributed by atoms with van der Waals surface area (Å²) in [6.07, 6.45) is 0. The number of nitrogens with zero attached hydrogens (tertiary/aromatic N) is 1. The molecule has 0 aromatic heterocycles. The molecule has 19 heavy (non-hydrogen) atoms.